The molecule has 108 valence electrons. The van der Waals surface area contributed by atoms with Crippen molar-refractivity contribution in [1.29, 1.82) is 5.26 Å². The van der Waals surface area contributed by atoms with E-state index in [2.05, 4.69) is 10.4 Å². The fourth-order valence-corrected chi connectivity index (χ4v) is 2.35. The summed E-state index contributed by atoms with van der Waals surface area (Å²) in [7, 11) is 1.82. The van der Waals surface area contributed by atoms with E-state index in [1.54, 1.807) is 28.9 Å². The van der Waals surface area contributed by atoms with Crippen molar-refractivity contribution in [3.05, 3.63) is 46.6 Å². The summed E-state index contributed by atoms with van der Waals surface area (Å²) in [5, 5.41) is 16.2. The molecule has 0 bridgehead atoms. The molecule has 0 aliphatic carbocycles. The zero-order valence-corrected chi connectivity index (χ0v) is 12.5. The van der Waals surface area contributed by atoms with E-state index in [4.69, 9.17) is 5.26 Å². The smallest absolute Gasteiger partial charge is 0.256 e. The summed E-state index contributed by atoms with van der Waals surface area (Å²) in [4.78, 5) is 12.3. The Labute approximate surface area is 124 Å². The van der Waals surface area contributed by atoms with Crippen LogP contribution in [0.4, 0.5) is 5.82 Å². The van der Waals surface area contributed by atoms with Crippen LogP contribution in [0.2, 0.25) is 0 Å². The molecule has 1 N–H and O–H groups in total. The molecule has 5 heteroatoms. The van der Waals surface area contributed by atoms with Crippen LogP contribution >= 0.6 is 0 Å². The molecule has 0 aliphatic rings. The van der Waals surface area contributed by atoms with E-state index in [0.29, 0.717) is 11.1 Å². The zero-order chi connectivity index (χ0) is 15.4. The maximum atomic E-state index is 12.3. The largest absolute Gasteiger partial charge is 0.307 e. The van der Waals surface area contributed by atoms with Gasteiger partial charge in [0.15, 0.2) is 0 Å². The van der Waals surface area contributed by atoms with E-state index in [9.17, 15) is 4.79 Å². The predicted octanol–water partition coefficient (Wildman–Crippen LogP) is 2.67. The van der Waals surface area contributed by atoms with Crippen LogP contribution in [0.3, 0.4) is 0 Å². The van der Waals surface area contributed by atoms with E-state index in [1.807, 2.05) is 27.0 Å². The molecule has 1 aromatic carbocycles. The Bertz CT molecular complexity index is 710. The first-order valence-corrected chi connectivity index (χ1v) is 6.96. The Morgan fingerprint density at radius 2 is 2.14 bits per heavy atom. The Balaban J connectivity index is 2.31. The zero-order valence-electron chi connectivity index (χ0n) is 12.5. The first-order valence-electron chi connectivity index (χ1n) is 6.96. The normalized spacial score (nSPS) is 10.2. The van der Waals surface area contributed by atoms with Crippen LogP contribution in [0, 0.1) is 11.3 Å². The molecule has 1 heterocycles. The van der Waals surface area contributed by atoms with Crippen LogP contribution < -0.4 is 5.32 Å². The van der Waals surface area contributed by atoms with Gasteiger partial charge in [0.2, 0.25) is 0 Å². The van der Waals surface area contributed by atoms with E-state index in [-0.39, 0.29) is 5.91 Å². The second kappa shape index (κ2) is 6.23. The van der Waals surface area contributed by atoms with Crippen LogP contribution in [-0.4, -0.2) is 15.7 Å². The number of amides is 1. The van der Waals surface area contributed by atoms with Crippen molar-refractivity contribution in [3.8, 4) is 6.07 Å². The number of nitriles is 1. The Morgan fingerprint density at radius 1 is 1.38 bits per heavy atom. The molecular weight excluding hydrogens is 264 g/mol. The van der Waals surface area contributed by atoms with Gasteiger partial charge in [-0.05, 0) is 31.0 Å². The second-order valence-corrected chi connectivity index (χ2v) is 4.75. The van der Waals surface area contributed by atoms with Crippen molar-refractivity contribution in [2.45, 2.75) is 26.7 Å². The molecular formula is C16H18N4O. The van der Waals surface area contributed by atoms with E-state index in [1.165, 1.54) is 0 Å². The van der Waals surface area contributed by atoms with Crippen LogP contribution in [0.15, 0.2) is 24.3 Å². The summed E-state index contributed by atoms with van der Waals surface area (Å²) >= 11 is 0. The molecule has 0 saturated carbocycles. The van der Waals surface area contributed by atoms with Gasteiger partial charge in [-0.15, -0.1) is 0 Å². The number of hydrogen-bond acceptors (Lipinski definition) is 3. The highest BCUT2D eigenvalue weighted by Crippen LogP contribution is 2.21. The predicted molar refractivity (Wildman–Crippen MR) is 81.1 cm³/mol. The molecule has 1 amide bonds. The second-order valence-electron chi connectivity index (χ2n) is 4.75. The molecule has 5 nitrogen and oxygen atoms in total. The number of rotatable bonds is 4. The lowest BCUT2D eigenvalue weighted by molar-refractivity contribution is 0.102. The monoisotopic (exact) mass is 282 g/mol. The van der Waals surface area contributed by atoms with Gasteiger partial charge in [-0.2, -0.15) is 10.4 Å². The van der Waals surface area contributed by atoms with Crippen molar-refractivity contribution in [2.24, 2.45) is 7.05 Å². The van der Waals surface area contributed by atoms with Crippen molar-refractivity contribution in [2.75, 3.05) is 5.32 Å². The lowest BCUT2D eigenvalue weighted by Gasteiger charge is -2.08. The molecule has 2 aromatic rings. The van der Waals surface area contributed by atoms with Crippen molar-refractivity contribution >= 4 is 11.7 Å². The topological polar surface area (TPSA) is 70.7 Å². The van der Waals surface area contributed by atoms with Gasteiger partial charge >= 0.3 is 0 Å². The number of nitrogens with one attached hydrogen (secondary N) is 1. The fourth-order valence-electron chi connectivity index (χ4n) is 2.35. The third-order valence-electron chi connectivity index (χ3n) is 3.40. The number of carbonyl (C=O) groups is 1. The van der Waals surface area contributed by atoms with Crippen LogP contribution in [0.5, 0.6) is 0 Å². The lowest BCUT2D eigenvalue weighted by Crippen LogP contribution is -2.15. The Kier molecular flexibility index (Phi) is 4.39. The molecule has 1 aromatic heterocycles. The number of aromatic nitrogens is 2. The Hall–Kier alpha value is -2.61. The molecule has 2 rings (SSSR count). The average molecular weight is 282 g/mol. The molecule has 0 aliphatic heterocycles. The summed E-state index contributed by atoms with van der Waals surface area (Å²) in [5.74, 6) is 0.495. The fraction of sp³-hybridized carbons (Fsp3) is 0.312. The molecule has 0 unspecified atom stereocenters. The summed E-state index contributed by atoms with van der Waals surface area (Å²) in [6.45, 7) is 4.09. The molecule has 0 spiro atoms. The summed E-state index contributed by atoms with van der Waals surface area (Å²) < 4.78 is 1.70. The van der Waals surface area contributed by atoms with E-state index >= 15 is 0 Å². The van der Waals surface area contributed by atoms with Crippen molar-refractivity contribution in [1.82, 2.24) is 9.78 Å². The van der Waals surface area contributed by atoms with E-state index in [0.717, 1.165) is 29.9 Å². The van der Waals surface area contributed by atoms with Gasteiger partial charge in [-0.1, -0.05) is 19.9 Å². The maximum Gasteiger partial charge on any atom is 0.256 e. The molecule has 0 radical (unpaired) electrons. The summed E-state index contributed by atoms with van der Waals surface area (Å²) in [6.07, 6.45) is 1.64. The van der Waals surface area contributed by atoms with Gasteiger partial charge in [-0.25, -0.2) is 0 Å². The average Bonchev–Trinajstić information content (AvgIpc) is 2.82. The van der Waals surface area contributed by atoms with Crippen molar-refractivity contribution < 1.29 is 4.79 Å². The first-order chi connectivity index (χ1) is 10.1. The van der Waals surface area contributed by atoms with Gasteiger partial charge < -0.3 is 5.32 Å². The van der Waals surface area contributed by atoms with Gasteiger partial charge in [0.1, 0.15) is 5.82 Å². The number of nitrogens with zero attached hydrogens (tertiary/aromatic N) is 3. The Morgan fingerprint density at radius 3 is 2.76 bits per heavy atom. The number of anilines is 1. The summed E-state index contributed by atoms with van der Waals surface area (Å²) in [6, 6.07) is 8.69. The van der Waals surface area contributed by atoms with Gasteiger partial charge in [-0.3, -0.25) is 9.48 Å². The van der Waals surface area contributed by atoms with Gasteiger partial charge in [0.25, 0.3) is 5.91 Å². The third kappa shape index (κ3) is 2.95. The third-order valence-corrected chi connectivity index (χ3v) is 3.40. The minimum atomic E-state index is -0.229. The minimum absolute atomic E-state index is 0.229. The summed E-state index contributed by atoms with van der Waals surface area (Å²) in [5.41, 5.74) is 3.00. The number of hydrogen-bond donors (Lipinski definition) is 1. The van der Waals surface area contributed by atoms with Gasteiger partial charge in [0.05, 0.1) is 17.3 Å². The van der Waals surface area contributed by atoms with Crippen LogP contribution in [0.25, 0.3) is 0 Å². The van der Waals surface area contributed by atoms with Crippen molar-refractivity contribution in [3.63, 3.8) is 0 Å². The molecule has 0 saturated heterocycles. The first kappa shape index (κ1) is 14.8. The highest BCUT2D eigenvalue weighted by Gasteiger charge is 2.16. The number of aryl methyl sites for hydroxylation is 2. The molecule has 21 heavy (non-hydrogen) atoms. The standard InChI is InChI=1S/C16H18N4O/c1-4-13-14(5-2)19-20(3)15(13)18-16(21)12-8-6-7-11(9-12)10-17/h6-9H,4-5H2,1-3H3,(H,18,21). The highest BCUT2D eigenvalue weighted by atomic mass is 16.1. The van der Waals surface area contributed by atoms with Crippen LogP contribution in [-0.2, 0) is 19.9 Å². The van der Waals surface area contributed by atoms with Gasteiger partial charge in [0, 0.05) is 18.2 Å². The van der Waals surface area contributed by atoms with Crippen LogP contribution in [0.1, 0.15) is 41.0 Å². The molecule has 0 fully saturated rings. The number of carbonyl (C=O) groups excluding carboxylic acids is 1. The number of benzene rings is 1. The maximum absolute atomic E-state index is 12.3. The van der Waals surface area contributed by atoms with E-state index < -0.39 is 0 Å². The lowest BCUT2D eigenvalue weighted by atomic mass is 10.1. The molecule has 0 atom stereocenters. The SMILES string of the molecule is CCc1nn(C)c(NC(=O)c2cccc(C#N)c2)c1CC. The quantitative estimate of drug-likeness (QED) is 0.937. The minimum Gasteiger partial charge on any atom is -0.307 e. The highest BCUT2D eigenvalue weighted by molar-refractivity contribution is 6.04.